The van der Waals surface area contributed by atoms with E-state index in [9.17, 15) is 4.79 Å². The van der Waals surface area contributed by atoms with Crippen LogP contribution in [0.4, 0.5) is 0 Å². The fraction of sp³-hybridized carbons (Fsp3) is 0.600. The van der Waals surface area contributed by atoms with Crippen molar-refractivity contribution < 1.29 is 0 Å². The summed E-state index contributed by atoms with van der Waals surface area (Å²) in [7, 11) is 0. The zero-order chi connectivity index (χ0) is 10.0. The van der Waals surface area contributed by atoms with Gasteiger partial charge in [0, 0.05) is 17.8 Å². The van der Waals surface area contributed by atoms with Crippen molar-refractivity contribution in [1.82, 2.24) is 9.97 Å². The zero-order valence-corrected chi connectivity index (χ0v) is 8.59. The lowest BCUT2D eigenvalue weighted by Gasteiger charge is -2.07. The van der Waals surface area contributed by atoms with Crippen molar-refractivity contribution in [3.63, 3.8) is 0 Å². The standard InChI is InChI=1S/C10H16N2O/c1-6(2)8-5-11-9(7(3)4)10(13)12-8/h5-7H,1-4H3,(H,12,13). The van der Waals surface area contributed by atoms with Gasteiger partial charge in [-0.2, -0.15) is 0 Å². The fourth-order valence-corrected chi connectivity index (χ4v) is 1.13. The van der Waals surface area contributed by atoms with Gasteiger partial charge in [-0.15, -0.1) is 0 Å². The fourth-order valence-electron chi connectivity index (χ4n) is 1.13. The Balaban J connectivity index is 3.14. The van der Waals surface area contributed by atoms with Gasteiger partial charge in [-0.05, 0) is 5.92 Å². The quantitative estimate of drug-likeness (QED) is 0.756. The second-order valence-electron chi connectivity index (χ2n) is 3.86. The lowest BCUT2D eigenvalue weighted by molar-refractivity contribution is 0.751. The third kappa shape index (κ3) is 2.17. The smallest absolute Gasteiger partial charge is 0.270 e. The summed E-state index contributed by atoms with van der Waals surface area (Å²) in [5, 5.41) is 0. The molecule has 0 fully saturated rings. The molecule has 3 heteroatoms. The summed E-state index contributed by atoms with van der Waals surface area (Å²) < 4.78 is 0. The van der Waals surface area contributed by atoms with E-state index in [4.69, 9.17) is 0 Å². The predicted molar refractivity (Wildman–Crippen MR) is 53.0 cm³/mol. The van der Waals surface area contributed by atoms with Crippen molar-refractivity contribution in [2.45, 2.75) is 39.5 Å². The highest BCUT2D eigenvalue weighted by Crippen LogP contribution is 2.10. The Morgan fingerprint density at radius 1 is 1.23 bits per heavy atom. The number of rotatable bonds is 2. The van der Waals surface area contributed by atoms with E-state index in [-0.39, 0.29) is 11.5 Å². The van der Waals surface area contributed by atoms with Crippen LogP contribution < -0.4 is 5.56 Å². The second-order valence-corrected chi connectivity index (χ2v) is 3.86. The first kappa shape index (κ1) is 9.96. The van der Waals surface area contributed by atoms with Gasteiger partial charge in [-0.25, -0.2) is 0 Å². The van der Waals surface area contributed by atoms with Crippen LogP contribution >= 0.6 is 0 Å². The molecule has 1 aromatic rings. The van der Waals surface area contributed by atoms with Crippen LogP contribution in [0.5, 0.6) is 0 Å². The van der Waals surface area contributed by atoms with E-state index in [1.54, 1.807) is 6.20 Å². The molecule has 0 aliphatic carbocycles. The summed E-state index contributed by atoms with van der Waals surface area (Å²) in [6, 6.07) is 0. The van der Waals surface area contributed by atoms with E-state index in [0.717, 1.165) is 5.69 Å². The van der Waals surface area contributed by atoms with Crippen molar-refractivity contribution in [2.75, 3.05) is 0 Å². The molecule has 0 atom stereocenters. The van der Waals surface area contributed by atoms with Gasteiger partial charge in [0.25, 0.3) is 5.56 Å². The molecule has 1 heterocycles. The Morgan fingerprint density at radius 2 is 1.85 bits per heavy atom. The van der Waals surface area contributed by atoms with E-state index in [1.165, 1.54) is 0 Å². The van der Waals surface area contributed by atoms with Crippen LogP contribution in [0.25, 0.3) is 0 Å². The molecular formula is C10H16N2O. The summed E-state index contributed by atoms with van der Waals surface area (Å²) in [6.07, 6.45) is 1.75. The third-order valence-electron chi connectivity index (χ3n) is 2.00. The molecule has 0 unspecified atom stereocenters. The van der Waals surface area contributed by atoms with E-state index < -0.39 is 0 Å². The average molecular weight is 180 g/mol. The first-order chi connectivity index (χ1) is 6.02. The molecule has 0 radical (unpaired) electrons. The predicted octanol–water partition coefficient (Wildman–Crippen LogP) is 2.02. The summed E-state index contributed by atoms with van der Waals surface area (Å²) in [5.41, 5.74) is 1.46. The summed E-state index contributed by atoms with van der Waals surface area (Å²) in [4.78, 5) is 18.5. The number of H-pyrrole nitrogens is 1. The van der Waals surface area contributed by atoms with Gasteiger partial charge < -0.3 is 4.98 Å². The van der Waals surface area contributed by atoms with Crippen molar-refractivity contribution in [2.24, 2.45) is 0 Å². The monoisotopic (exact) mass is 180 g/mol. The van der Waals surface area contributed by atoms with Gasteiger partial charge in [-0.3, -0.25) is 9.78 Å². The number of aromatic amines is 1. The van der Waals surface area contributed by atoms with Crippen LogP contribution in [0, 0.1) is 0 Å². The van der Waals surface area contributed by atoms with Gasteiger partial charge in [0.1, 0.15) is 5.69 Å². The number of aromatic nitrogens is 2. The highest BCUT2D eigenvalue weighted by atomic mass is 16.1. The Hall–Kier alpha value is -1.12. The number of nitrogens with one attached hydrogen (secondary N) is 1. The molecule has 0 spiro atoms. The first-order valence-corrected chi connectivity index (χ1v) is 4.61. The van der Waals surface area contributed by atoms with Gasteiger partial charge >= 0.3 is 0 Å². The van der Waals surface area contributed by atoms with Gasteiger partial charge in [-0.1, -0.05) is 27.7 Å². The van der Waals surface area contributed by atoms with Gasteiger partial charge in [0.2, 0.25) is 0 Å². The lowest BCUT2D eigenvalue weighted by Crippen LogP contribution is -2.18. The third-order valence-corrected chi connectivity index (χ3v) is 2.00. The van der Waals surface area contributed by atoms with Gasteiger partial charge in [0.15, 0.2) is 0 Å². The topological polar surface area (TPSA) is 45.8 Å². The highest BCUT2D eigenvalue weighted by Gasteiger charge is 2.08. The van der Waals surface area contributed by atoms with Crippen molar-refractivity contribution in [1.29, 1.82) is 0 Å². The number of hydrogen-bond donors (Lipinski definition) is 1. The van der Waals surface area contributed by atoms with Crippen LogP contribution in [-0.4, -0.2) is 9.97 Å². The number of nitrogens with zero attached hydrogens (tertiary/aromatic N) is 1. The van der Waals surface area contributed by atoms with Crippen molar-refractivity contribution in [3.8, 4) is 0 Å². The minimum Gasteiger partial charge on any atom is -0.323 e. The Bertz CT molecular complexity index is 339. The molecule has 3 nitrogen and oxygen atoms in total. The van der Waals surface area contributed by atoms with Gasteiger partial charge in [0.05, 0.1) is 0 Å². The van der Waals surface area contributed by atoms with Crippen LogP contribution in [0.2, 0.25) is 0 Å². The maximum absolute atomic E-state index is 11.5. The molecule has 0 saturated carbocycles. The molecule has 1 rings (SSSR count). The minimum absolute atomic E-state index is 0.0544. The average Bonchev–Trinajstić information content (AvgIpc) is 2.03. The molecular weight excluding hydrogens is 164 g/mol. The van der Waals surface area contributed by atoms with Crippen LogP contribution in [0.3, 0.4) is 0 Å². The Labute approximate surface area is 78.2 Å². The van der Waals surface area contributed by atoms with Crippen molar-refractivity contribution >= 4 is 0 Å². The lowest BCUT2D eigenvalue weighted by atomic mass is 10.1. The molecule has 13 heavy (non-hydrogen) atoms. The second kappa shape index (κ2) is 3.73. The largest absolute Gasteiger partial charge is 0.323 e. The van der Waals surface area contributed by atoms with Crippen LogP contribution in [0.15, 0.2) is 11.0 Å². The summed E-state index contributed by atoms with van der Waals surface area (Å²) in [6.45, 7) is 7.99. The molecule has 0 aliphatic rings. The molecule has 1 N–H and O–H groups in total. The molecule has 0 saturated heterocycles. The Morgan fingerprint density at radius 3 is 2.23 bits per heavy atom. The van der Waals surface area contributed by atoms with E-state index in [2.05, 4.69) is 9.97 Å². The highest BCUT2D eigenvalue weighted by molar-refractivity contribution is 5.08. The molecule has 0 aromatic carbocycles. The van der Waals surface area contributed by atoms with E-state index in [0.29, 0.717) is 11.6 Å². The minimum atomic E-state index is -0.0544. The molecule has 1 aromatic heterocycles. The normalized spacial score (nSPS) is 11.2. The first-order valence-electron chi connectivity index (χ1n) is 4.61. The zero-order valence-electron chi connectivity index (χ0n) is 8.59. The maximum atomic E-state index is 11.5. The Kier molecular flexibility index (Phi) is 2.86. The molecule has 0 aliphatic heterocycles. The SMILES string of the molecule is CC(C)c1cnc(C(C)C)c(=O)[nH]1. The van der Waals surface area contributed by atoms with Crippen LogP contribution in [0.1, 0.15) is 50.9 Å². The van der Waals surface area contributed by atoms with Crippen molar-refractivity contribution in [3.05, 3.63) is 27.9 Å². The molecule has 0 amide bonds. The summed E-state index contributed by atoms with van der Waals surface area (Å²) in [5.74, 6) is 0.506. The molecule has 0 bridgehead atoms. The number of hydrogen-bond acceptors (Lipinski definition) is 2. The molecule has 72 valence electrons. The summed E-state index contributed by atoms with van der Waals surface area (Å²) >= 11 is 0. The van der Waals surface area contributed by atoms with E-state index >= 15 is 0 Å². The maximum Gasteiger partial charge on any atom is 0.270 e. The van der Waals surface area contributed by atoms with E-state index in [1.807, 2.05) is 27.7 Å². The van der Waals surface area contributed by atoms with Crippen LogP contribution in [-0.2, 0) is 0 Å².